The smallest absolute Gasteiger partial charge is 0.293 e. The molecule has 0 spiro atoms. The molecule has 0 aromatic heterocycles. The number of carbonyl (C=O) groups excluding carboxylic acids is 1. The van der Waals surface area contributed by atoms with Crippen LogP contribution in [0.25, 0.3) is 6.08 Å². The molecule has 148 valence electrons. The molecular weight excluding hydrogens is 368 g/mol. The predicted molar refractivity (Wildman–Crippen MR) is 114 cm³/mol. The molecule has 0 radical (unpaired) electrons. The minimum absolute atomic E-state index is 0.0706. The standard InChI is InChI=1S/C22H22N4O3/c1-16-19(22(27)25(23-16)18-8-4-2-5-9-18)14-17-10-11-20(21(15-17)26(28)29)24-12-6-3-7-13-24/h2,4-5,8-11,14-15H,3,6-7,12-13H2,1H3. The van der Waals surface area contributed by atoms with Gasteiger partial charge in [-0.3, -0.25) is 14.9 Å². The number of para-hydroxylation sites is 1. The van der Waals surface area contributed by atoms with Crippen molar-refractivity contribution in [2.24, 2.45) is 5.10 Å². The van der Waals surface area contributed by atoms with Crippen LogP contribution < -0.4 is 9.91 Å². The maximum absolute atomic E-state index is 12.9. The third-order valence-electron chi connectivity index (χ3n) is 5.27. The van der Waals surface area contributed by atoms with Crippen LogP contribution in [-0.4, -0.2) is 29.6 Å². The van der Waals surface area contributed by atoms with Crippen LogP contribution in [0, 0.1) is 10.1 Å². The SMILES string of the molecule is CC1=NN(c2ccccc2)C(=O)C1=Cc1ccc(N2CCCCC2)c([N+](=O)[O-])c1. The summed E-state index contributed by atoms with van der Waals surface area (Å²) in [6.07, 6.45) is 4.93. The molecule has 7 nitrogen and oxygen atoms in total. The van der Waals surface area contributed by atoms with E-state index in [0.717, 1.165) is 32.4 Å². The molecule has 2 heterocycles. The van der Waals surface area contributed by atoms with E-state index in [1.54, 1.807) is 25.1 Å². The zero-order valence-corrected chi connectivity index (χ0v) is 16.2. The quantitative estimate of drug-likeness (QED) is 0.441. The van der Waals surface area contributed by atoms with Gasteiger partial charge in [0.05, 0.1) is 21.9 Å². The van der Waals surface area contributed by atoms with E-state index in [-0.39, 0.29) is 16.5 Å². The highest BCUT2D eigenvalue weighted by molar-refractivity contribution is 6.32. The molecule has 2 aliphatic rings. The van der Waals surface area contributed by atoms with Crippen molar-refractivity contribution >= 4 is 34.8 Å². The average Bonchev–Trinajstić information content (AvgIpc) is 3.03. The molecule has 0 atom stereocenters. The monoisotopic (exact) mass is 390 g/mol. The molecule has 1 saturated heterocycles. The molecule has 0 aliphatic carbocycles. The number of rotatable bonds is 4. The molecule has 1 fully saturated rings. The summed E-state index contributed by atoms with van der Waals surface area (Å²) in [6.45, 7) is 3.43. The molecule has 29 heavy (non-hydrogen) atoms. The maximum Gasteiger partial charge on any atom is 0.293 e. The maximum atomic E-state index is 12.9. The van der Waals surface area contributed by atoms with Gasteiger partial charge in [-0.2, -0.15) is 10.1 Å². The summed E-state index contributed by atoms with van der Waals surface area (Å²) in [5, 5.41) is 17.4. The summed E-state index contributed by atoms with van der Waals surface area (Å²) >= 11 is 0. The van der Waals surface area contributed by atoms with E-state index < -0.39 is 0 Å². The van der Waals surface area contributed by atoms with Gasteiger partial charge in [-0.1, -0.05) is 24.3 Å². The molecule has 2 aliphatic heterocycles. The van der Waals surface area contributed by atoms with Crippen molar-refractivity contribution in [3.63, 3.8) is 0 Å². The van der Waals surface area contributed by atoms with E-state index in [1.807, 2.05) is 36.4 Å². The number of carbonyl (C=O) groups is 1. The Hall–Kier alpha value is -3.48. The Morgan fingerprint density at radius 3 is 2.48 bits per heavy atom. The van der Waals surface area contributed by atoms with Crippen molar-refractivity contribution in [1.29, 1.82) is 0 Å². The van der Waals surface area contributed by atoms with Crippen molar-refractivity contribution in [1.82, 2.24) is 0 Å². The summed E-state index contributed by atoms with van der Waals surface area (Å²) in [7, 11) is 0. The zero-order chi connectivity index (χ0) is 20.4. The number of piperidine rings is 1. The number of anilines is 2. The van der Waals surface area contributed by atoms with Crippen LogP contribution in [-0.2, 0) is 4.79 Å². The lowest BCUT2D eigenvalue weighted by Crippen LogP contribution is -2.29. The van der Waals surface area contributed by atoms with E-state index in [0.29, 0.717) is 28.2 Å². The Labute approximate surface area is 169 Å². The summed E-state index contributed by atoms with van der Waals surface area (Å²) in [4.78, 5) is 26.3. The highest BCUT2D eigenvalue weighted by atomic mass is 16.6. The lowest BCUT2D eigenvalue weighted by atomic mass is 10.0. The van der Waals surface area contributed by atoms with Gasteiger partial charge >= 0.3 is 0 Å². The summed E-state index contributed by atoms with van der Waals surface area (Å²) < 4.78 is 0. The number of nitro benzene ring substituents is 1. The molecule has 0 N–H and O–H groups in total. The van der Waals surface area contributed by atoms with E-state index >= 15 is 0 Å². The number of nitrogens with zero attached hydrogens (tertiary/aromatic N) is 4. The third kappa shape index (κ3) is 3.76. The average molecular weight is 390 g/mol. The van der Waals surface area contributed by atoms with Gasteiger partial charge in [0.25, 0.3) is 11.6 Å². The first-order valence-electron chi connectivity index (χ1n) is 9.75. The molecule has 0 unspecified atom stereocenters. The van der Waals surface area contributed by atoms with Crippen molar-refractivity contribution < 1.29 is 9.72 Å². The van der Waals surface area contributed by atoms with Crippen molar-refractivity contribution in [2.75, 3.05) is 23.0 Å². The number of hydrogen-bond donors (Lipinski definition) is 0. The van der Waals surface area contributed by atoms with Crippen LogP contribution in [0.5, 0.6) is 0 Å². The van der Waals surface area contributed by atoms with Gasteiger partial charge in [0.1, 0.15) is 5.69 Å². The number of hydrogen-bond acceptors (Lipinski definition) is 5. The highest BCUT2D eigenvalue weighted by Crippen LogP contribution is 2.32. The molecule has 4 rings (SSSR count). The van der Waals surface area contributed by atoms with Gasteiger partial charge in [-0.25, -0.2) is 0 Å². The second-order valence-corrected chi connectivity index (χ2v) is 7.25. The van der Waals surface area contributed by atoms with Crippen LogP contribution in [0.15, 0.2) is 59.2 Å². The van der Waals surface area contributed by atoms with Crippen molar-refractivity contribution in [2.45, 2.75) is 26.2 Å². The summed E-state index contributed by atoms with van der Waals surface area (Å²) in [5.74, 6) is -0.239. The fourth-order valence-corrected chi connectivity index (χ4v) is 3.77. The first kappa shape index (κ1) is 18.9. The topological polar surface area (TPSA) is 79.0 Å². The second-order valence-electron chi connectivity index (χ2n) is 7.25. The van der Waals surface area contributed by atoms with E-state index in [4.69, 9.17) is 0 Å². The Bertz CT molecular complexity index is 1010. The fourth-order valence-electron chi connectivity index (χ4n) is 3.77. The number of benzene rings is 2. The van der Waals surface area contributed by atoms with Gasteiger partial charge < -0.3 is 4.90 Å². The normalized spacial score (nSPS) is 18.3. The van der Waals surface area contributed by atoms with Crippen LogP contribution in [0.2, 0.25) is 0 Å². The van der Waals surface area contributed by atoms with E-state index in [1.165, 1.54) is 5.01 Å². The molecule has 0 bridgehead atoms. The Morgan fingerprint density at radius 1 is 1.07 bits per heavy atom. The molecule has 7 heteroatoms. The largest absolute Gasteiger partial charge is 0.366 e. The van der Waals surface area contributed by atoms with Gasteiger partial charge in [0.15, 0.2) is 0 Å². The predicted octanol–water partition coefficient (Wildman–Crippen LogP) is 4.39. The Kier molecular flexibility index (Phi) is 5.12. The minimum atomic E-state index is -0.348. The number of nitro groups is 1. The second kappa shape index (κ2) is 7.87. The van der Waals surface area contributed by atoms with Gasteiger partial charge in [-0.15, -0.1) is 0 Å². The van der Waals surface area contributed by atoms with Crippen LogP contribution in [0.4, 0.5) is 17.1 Å². The first-order valence-corrected chi connectivity index (χ1v) is 9.75. The summed E-state index contributed by atoms with van der Waals surface area (Å²) in [5.41, 5.74) is 3.04. The Balaban J connectivity index is 1.66. The van der Waals surface area contributed by atoms with Gasteiger partial charge in [-0.05, 0) is 56.0 Å². The molecule has 1 amide bonds. The molecule has 2 aromatic rings. The van der Waals surface area contributed by atoms with E-state index in [9.17, 15) is 14.9 Å². The highest BCUT2D eigenvalue weighted by Gasteiger charge is 2.29. The molecule has 2 aromatic carbocycles. The minimum Gasteiger partial charge on any atom is -0.366 e. The number of amides is 1. The zero-order valence-electron chi connectivity index (χ0n) is 16.2. The van der Waals surface area contributed by atoms with Crippen molar-refractivity contribution in [3.8, 4) is 0 Å². The summed E-state index contributed by atoms with van der Waals surface area (Å²) in [6, 6.07) is 14.4. The lowest BCUT2D eigenvalue weighted by molar-refractivity contribution is -0.384. The Morgan fingerprint density at radius 2 is 1.79 bits per heavy atom. The first-order chi connectivity index (χ1) is 14.0. The van der Waals surface area contributed by atoms with Crippen LogP contribution in [0.1, 0.15) is 31.7 Å². The fraction of sp³-hybridized carbons (Fsp3) is 0.273. The molecule has 0 saturated carbocycles. The lowest BCUT2D eigenvalue weighted by Gasteiger charge is -2.28. The van der Waals surface area contributed by atoms with Crippen LogP contribution in [0.3, 0.4) is 0 Å². The number of hydrazone groups is 1. The van der Waals surface area contributed by atoms with Gasteiger partial charge in [0.2, 0.25) is 0 Å². The van der Waals surface area contributed by atoms with Crippen molar-refractivity contribution in [3.05, 3.63) is 69.8 Å². The van der Waals surface area contributed by atoms with Crippen LogP contribution >= 0.6 is 0 Å². The molecular formula is C22H22N4O3. The van der Waals surface area contributed by atoms with Gasteiger partial charge in [0, 0.05) is 19.2 Å². The third-order valence-corrected chi connectivity index (χ3v) is 5.27. The van der Waals surface area contributed by atoms with E-state index in [2.05, 4.69) is 10.0 Å².